The van der Waals surface area contributed by atoms with Crippen molar-refractivity contribution in [3.05, 3.63) is 34.9 Å². The van der Waals surface area contributed by atoms with Gasteiger partial charge in [-0.3, -0.25) is 9.59 Å². The van der Waals surface area contributed by atoms with Crippen LogP contribution in [0, 0.1) is 5.92 Å². The highest BCUT2D eigenvalue weighted by molar-refractivity contribution is 6.30. The van der Waals surface area contributed by atoms with Crippen LogP contribution < -0.4 is 10.6 Å². The van der Waals surface area contributed by atoms with Gasteiger partial charge in [0.15, 0.2) is 0 Å². The smallest absolute Gasteiger partial charge is 0.326 e. The number of carbonyl (C=O) groups excluding carboxylic acids is 2. The highest BCUT2D eigenvalue weighted by Crippen LogP contribution is 2.10. The maximum Gasteiger partial charge on any atom is 0.326 e. The first-order chi connectivity index (χ1) is 9.81. The fourth-order valence-electron chi connectivity index (χ4n) is 1.63. The number of carboxylic acids is 1. The Morgan fingerprint density at radius 2 is 1.95 bits per heavy atom. The van der Waals surface area contributed by atoms with Crippen LogP contribution in [0.25, 0.3) is 0 Å². The van der Waals surface area contributed by atoms with E-state index in [9.17, 15) is 14.4 Å². The van der Waals surface area contributed by atoms with Crippen molar-refractivity contribution in [3.63, 3.8) is 0 Å². The SMILES string of the molecule is CC(C)[C@H](NC(=O)CNC(=O)c1cccc(Cl)c1)C(=O)O. The lowest BCUT2D eigenvalue weighted by atomic mass is 10.1. The van der Waals surface area contributed by atoms with Gasteiger partial charge >= 0.3 is 5.97 Å². The second-order valence-electron chi connectivity index (χ2n) is 4.82. The van der Waals surface area contributed by atoms with Crippen LogP contribution in [-0.4, -0.2) is 35.5 Å². The monoisotopic (exact) mass is 312 g/mol. The Hall–Kier alpha value is -2.08. The van der Waals surface area contributed by atoms with Crippen molar-refractivity contribution in [2.24, 2.45) is 5.92 Å². The van der Waals surface area contributed by atoms with Crippen molar-refractivity contribution in [1.82, 2.24) is 10.6 Å². The van der Waals surface area contributed by atoms with Gasteiger partial charge in [-0.25, -0.2) is 4.79 Å². The van der Waals surface area contributed by atoms with Gasteiger partial charge in [-0.2, -0.15) is 0 Å². The molecule has 0 saturated heterocycles. The van der Waals surface area contributed by atoms with Gasteiger partial charge in [0.2, 0.25) is 5.91 Å². The molecule has 21 heavy (non-hydrogen) atoms. The van der Waals surface area contributed by atoms with E-state index in [-0.39, 0.29) is 12.5 Å². The third-order valence-electron chi connectivity index (χ3n) is 2.75. The fourth-order valence-corrected chi connectivity index (χ4v) is 1.82. The molecular weight excluding hydrogens is 296 g/mol. The first-order valence-corrected chi connectivity index (χ1v) is 6.75. The summed E-state index contributed by atoms with van der Waals surface area (Å²) in [5.41, 5.74) is 0.328. The van der Waals surface area contributed by atoms with Crippen LogP contribution in [0.3, 0.4) is 0 Å². The molecule has 0 aliphatic heterocycles. The van der Waals surface area contributed by atoms with E-state index >= 15 is 0 Å². The predicted octanol–water partition coefficient (Wildman–Crippen LogP) is 1.30. The molecule has 1 atom stereocenters. The van der Waals surface area contributed by atoms with Crippen molar-refractivity contribution in [2.45, 2.75) is 19.9 Å². The summed E-state index contributed by atoms with van der Waals surface area (Å²) < 4.78 is 0. The van der Waals surface area contributed by atoms with Crippen molar-refractivity contribution in [3.8, 4) is 0 Å². The van der Waals surface area contributed by atoms with Gasteiger partial charge in [-0.15, -0.1) is 0 Å². The lowest BCUT2D eigenvalue weighted by Crippen LogP contribution is -2.48. The third kappa shape index (κ3) is 5.43. The Kier molecular flexibility index (Phi) is 6.17. The quantitative estimate of drug-likeness (QED) is 0.737. The zero-order chi connectivity index (χ0) is 16.0. The molecule has 7 heteroatoms. The molecule has 0 heterocycles. The number of rotatable bonds is 6. The Bertz CT molecular complexity index is 546. The molecule has 2 amide bonds. The molecule has 114 valence electrons. The van der Waals surface area contributed by atoms with Crippen LogP contribution in [-0.2, 0) is 9.59 Å². The summed E-state index contributed by atoms with van der Waals surface area (Å²) in [5, 5.41) is 14.1. The lowest BCUT2D eigenvalue weighted by molar-refractivity contribution is -0.142. The van der Waals surface area contributed by atoms with Gasteiger partial charge in [0.1, 0.15) is 6.04 Å². The van der Waals surface area contributed by atoms with Gasteiger partial charge < -0.3 is 15.7 Å². The molecule has 3 N–H and O–H groups in total. The summed E-state index contributed by atoms with van der Waals surface area (Å²) >= 11 is 5.77. The molecule has 0 spiro atoms. The van der Waals surface area contributed by atoms with Crippen LogP contribution in [0.1, 0.15) is 24.2 Å². The standard InChI is InChI=1S/C14H17ClN2O4/c1-8(2)12(14(20)21)17-11(18)7-16-13(19)9-4-3-5-10(15)6-9/h3-6,8,12H,7H2,1-2H3,(H,16,19)(H,17,18)(H,20,21)/t12-/m0/s1. The summed E-state index contributed by atoms with van der Waals surface area (Å²) in [6, 6.07) is 5.30. The molecule has 0 aliphatic rings. The first-order valence-electron chi connectivity index (χ1n) is 6.37. The van der Waals surface area contributed by atoms with Gasteiger partial charge in [0.05, 0.1) is 6.54 Å². The Labute approximate surface area is 127 Å². The zero-order valence-electron chi connectivity index (χ0n) is 11.7. The van der Waals surface area contributed by atoms with E-state index in [0.717, 1.165) is 0 Å². The Balaban J connectivity index is 2.53. The molecule has 1 aromatic rings. The summed E-state index contributed by atoms with van der Waals surface area (Å²) in [4.78, 5) is 34.4. The number of hydrogen-bond acceptors (Lipinski definition) is 3. The van der Waals surface area contributed by atoms with Crippen LogP contribution >= 0.6 is 11.6 Å². The molecule has 1 rings (SSSR count). The average molecular weight is 313 g/mol. The predicted molar refractivity (Wildman–Crippen MR) is 78.2 cm³/mol. The molecule has 0 aliphatic carbocycles. The number of aliphatic carboxylic acids is 1. The van der Waals surface area contributed by atoms with Gasteiger partial charge in [0, 0.05) is 10.6 Å². The molecule has 0 saturated carbocycles. The molecule has 6 nitrogen and oxygen atoms in total. The van der Waals surface area contributed by atoms with Crippen molar-refractivity contribution in [2.75, 3.05) is 6.54 Å². The van der Waals surface area contributed by atoms with Crippen LogP contribution in [0.15, 0.2) is 24.3 Å². The summed E-state index contributed by atoms with van der Waals surface area (Å²) in [5.74, 6) is -2.38. The van der Waals surface area contributed by atoms with Gasteiger partial charge in [-0.05, 0) is 24.1 Å². The molecule has 1 aromatic carbocycles. The number of amides is 2. The lowest BCUT2D eigenvalue weighted by Gasteiger charge is -2.18. The van der Waals surface area contributed by atoms with Crippen molar-refractivity contribution in [1.29, 1.82) is 0 Å². The van der Waals surface area contributed by atoms with E-state index in [1.807, 2.05) is 0 Å². The highest BCUT2D eigenvalue weighted by atomic mass is 35.5. The second kappa shape index (κ2) is 7.64. The minimum atomic E-state index is -1.11. The van der Waals surface area contributed by atoms with Gasteiger partial charge in [-0.1, -0.05) is 31.5 Å². The van der Waals surface area contributed by atoms with E-state index in [4.69, 9.17) is 16.7 Å². The van der Waals surface area contributed by atoms with E-state index in [1.165, 1.54) is 6.07 Å². The normalized spacial score (nSPS) is 11.8. The van der Waals surface area contributed by atoms with E-state index in [1.54, 1.807) is 32.0 Å². The molecule has 0 unspecified atom stereocenters. The Morgan fingerprint density at radius 3 is 2.48 bits per heavy atom. The third-order valence-corrected chi connectivity index (χ3v) is 2.98. The molecule has 0 aromatic heterocycles. The maximum atomic E-state index is 11.8. The number of benzene rings is 1. The molecule has 0 fully saturated rings. The zero-order valence-corrected chi connectivity index (χ0v) is 12.5. The van der Waals surface area contributed by atoms with Gasteiger partial charge in [0.25, 0.3) is 5.91 Å². The number of hydrogen-bond donors (Lipinski definition) is 3. The fraction of sp³-hybridized carbons (Fsp3) is 0.357. The first kappa shape index (κ1) is 17.0. The topological polar surface area (TPSA) is 95.5 Å². The van der Waals surface area contributed by atoms with E-state index in [2.05, 4.69) is 10.6 Å². The summed E-state index contributed by atoms with van der Waals surface area (Å²) in [6.07, 6.45) is 0. The summed E-state index contributed by atoms with van der Waals surface area (Å²) in [7, 11) is 0. The number of carbonyl (C=O) groups is 3. The highest BCUT2D eigenvalue weighted by Gasteiger charge is 2.23. The summed E-state index contributed by atoms with van der Waals surface area (Å²) in [6.45, 7) is 3.06. The minimum absolute atomic E-state index is 0.255. The average Bonchev–Trinajstić information content (AvgIpc) is 2.41. The number of nitrogens with one attached hydrogen (secondary N) is 2. The Morgan fingerprint density at radius 1 is 1.29 bits per heavy atom. The molecule has 0 radical (unpaired) electrons. The molecular formula is C14H17ClN2O4. The minimum Gasteiger partial charge on any atom is -0.480 e. The van der Waals surface area contributed by atoms with Crippen molar-refractivity contribution < 1.29 is 19.5 Å². The molecule has 0 bridgehead atoms. The number of halogens is 1. The number of carboxylic acid groups (broad SMARTS) is 1. The van der Waals surface area contributed by atoms with Crippen molar-refractivity contribution >= 4 is 29.4 Å². The second-order valence-corrected chi connectivity index (χ2v) is 5.26. The van der Waals surface area contributed by atoms with E-state index in [0.29, 0.717) is 10.6 Å². The van der Waals surface area contributed by atoms with Crippen LogP contribution in [0.2, 0.25) is 5.02 Å². The largest absolute Gasteiger partial charge is 0.480 e. The van der Waals surface area contributed by atoms with Crippen LogP contribution in [0.5, 0.6) is 0 Å². The van der Waals surface area contributed by atoms with Crippen LogP contribution in [0.4, 0.5) is 0 Å². The maximum absolute atomic E-state index is 11.8. The van der Waals surface area contributed by atoms with E-state index < -0.39 is 23.8 Å².